The minimum absolute atomic E-state index is 0.145. The van der Waals surface area contributed by atoms with E-state index < -0.39 is 0 Å². The van der Waals surface area contributed by atoms with Gasteiger partial charge in [0.05, 0.1) is 32.1 Å². The Morgan fingerprint density at radius 2 is 1.85 bits per heavy atom. The summed E-state index contributed by atoms with van der Waals surface area (Å²) in [5, 5.41) is 5.75. The van der Waals surface area contributed by atoms with Crippen LogP contribution in [0.1, 0.15) is 23.7 Å². The maximum Gasteiger partial charge on any atom is 0.261 e. The third-order valence-corrected chi connectivity index (χ3v) is 3.68. The molecule has 2 rings (SSSR count). The summed E-state index contributed by atoms with van der Waals surface area (Å²) in [7, 11) is 3.12. The quantitative estimate of drug-likeness (QED) is 0.722. The van der Waals surface area contributed by atoms with Crippen LogP contribution in [0.2, 0.25) is 0 Å². The first-order chi connectivity index (χ1) is 12.6. The molecule has 0 aliphatic rings. The van der Waals surface area contributed by atoms with Gasteiger partial charge in [0.15, 0.2) is 5.11 Å². The molecule has 7 heteroatoms. The molecule has 1 amide bonds. The lowest BCUT2D eigenvalue weighted by atomic mass is 10.2. The molecule has 138 valence electrons. The van der Waals surface area contributed by atoms with E-state index in [0.29, 0.717) is 35.1 Å². The van der Waals surface area contributed by atoms with Crippen molar-refractivity contribution >= 4 is 28.9 Å². The number of para-hydroxylation sites is 1. The summed E-state index contributed by atoms with van der Waals surface area (Å²) >= 11 is 5.25. The Labute approximate surface area is 158 Å². The second kappa shape index (κ2) is 9.62. The van der Waals surface area contributed by atoms with E-state index in [2.05, 4.69) is 10.6 Å². The Hall–Kier alpha value is -2.80. The Bertz CT molecular complexity index is 780. The topological polar surface area (TPSA) is 68.8 Å². The van der Waals surface area contributed by atoms with Crippen LogP contribution in [0.25, 0.3) is 0 Å². The molecule has 2 aromatic carbocycles. The fourth-order valence-corrected chi connectivity index (χ4v) is 2.43. The van der Waals surface area contributed by atoms with Crippen molar-refractivity contribution in [2.24, 2.45) is 0 Å². The number of ether oxygens (including phenoxy) is 3. The summed E-state index contributed by atoms with van der Waals surface area (Å²) in [6, 6.07) is 12.3. The number of nitrogens with one attached hydrogen (secondary N) is 2. The molecule has 0 bridgehead atoms. The molecule has 2 N–H and O–H groups in total. The zero-order chi connectivity index (χ0) is 18.9. The number of thiocarbonyl (C=S) groups is 1. The maximum atomic E-state index is 12.5. The number of amides is 1. The Kier molecular flexibility index (Phi) is 7.23. The van der Waals surface area contributed by atoms with Crippen LogP contribution in [-0.4, -0.2) is 31.8 Å². The van der Waals surface area contributed by atoms with Crippen LogP contribution < -0.4 is 24.8 Å². The number of benzene rings is 2. The van der Waals surface area contributed by atoms with Crippen LogP contribution in [0.4, 0.5) is 5.69 Å². The number of hydrogen-bond donors (Lipinski definition) is 2. The highest BCUT2D eigenvalue weighted by atomic mass is 32.1. The smallest absolute Gasteiger partial charge is 0.261 e. The summed E-state index contributed by atoms with van der Waals surface area (Å²) in [6.07, 6.45) is 0.853. The van der Waals surface area contributed by atoms with Gasteiger partial charge in [0.25, 0.3) is 5.91 Å². The Morgan fingerprint density at radius 3 is 2.54 bits per heavy atom. The van der Waals surface area contributed by atoms with Gasteiger partial charge in [0, 0.05) is 6.07 Å². The second-order valence-corrected chi connectivity index (χ2v) is 5.73. The fraction of sp³-hybridized carbons (Fsp3) is 0.263. The molecule has 0 radical (unpaired) electrons. The molecule has 0 aliphatic carbocycles. The largest absolute Gasteiger partial charge is 0.497 e. The zero-order valence-corrected chi connectivity index (χ0v) is 15.8. The molecule has 0 aliphatic heterocycles. The van der Waals surface area contributed by atoms with Crippen LogP contribution in [0, 0.1) is 0 Å². The molecule has 0 saturated carbocycles. The first-order valence-electron chi connectivity index (χ1n) is 8.15. The van der Waals surface area contributed by atoms with Gasteiger partial charge in [-0.3, -0.25) is 10.1 Å². The molecule has 0 atom stereocenters. The third-order valence-electron chi connectivity index (χ3n) is 3.48. The van der Waals surface area contributed by atoms with E-state index in [0.717, 1.165) is 6.42 Å². The molecule has 26 heavy (non-hydrogen) atoms. The average Bonchev–Trinajstić information content (AvgIpc) is 2.66. The first-order valence-corrected chi connectivity index (χ1v) is 8.56. The Morgan fingerprint density at radius 1 is 1.08 bits per heavy atom. The summed E-state index contributed by atoms with van der Waals surface area (Å²) in [6.45, 7) is 2.54. The number of methoxy groups -OCH3 is 2. The van der Waals surface area contributed by atoms with E-state index in [1.165, 1.54) is 0 Å². The van der Waals surface area contributed by atoms with E-state index in [-0.39, 0.29) is 11.0 Å². The molecule has 6 nitrogen and oxygen atoms in total. The number of carbonyl (C=O) groups is 1. The van der Waals surface area contributed by atoms with E-state index in [1.807, 2.05) is 13.0 Å². The zero-order valence-electron chi connectivity index (χ0n) is 15.0. The van der Waals surface area contributed by atoms with Gasteiger partial charge < -0.3 is 19.5 Å². The number of anilines is 1. The molecule has 2 aromatic rings. The minimum atomic E-state index is -0.351. The van der Waals surface area contributed by atoms with E-state index in [9.17, 15) is 4.79 Å². The summed E-state index contributed by atoms with van der Waals surface area (Å²) in [4.78, 5) is 12.5. The van der Waals surface area contributed by atoms with Gasteiger partial charge in [-0.1, -0.05) is 19.1 Å². The van der Waals surface area contributed by atoms with Gasteiger partial charge in [0.2, 0.25) is 0 Å². The van der Waals surface area contributed by atoms with Crippen LogP contribution in [0.3, 0.4) is 0 Å². The monoisotopic (exact) mass is 374 g/mol. The van der Waals surface area contributed by atoms with E-state index in [1.54, 1.807) is 50.6 Å². The molecular formula is C19H22N2O4S. The lowest BCUT2D eigenvalue weighted by molar-refractivity contribution is 0.0973. The van der Waals surface area contributed by atoms with Crippen molar-refractivity contribution in [3.8, 4) is 17.2 Å². The van der Waals surface area contributed by atoms with Gasteiger partial charge in [-0.2, -0.15) is 0 Å². The molecule has 0 aromatic heterocycles. The van der Waals surface area contributed by atoms with Gasteiger partial charge in [0.1, 0.15) is 17.2 Å². The Balaban J connectivity index is 2.10. The van der Waals surface area contributed by atoms with Gasteiger partial charge in [-0.05, 0) is 42.9 Å². The standard InChI is InChI=1S/C19H22N2O4S/c1-4-11-25-16-8-6-5-7-14(16)18(22)21-19(26)20-15-12-13(23-2)9-10-17(15)24-3/h5-10,12H,4,11H2,1-3H3,(H2,20,21,22,26). The van der Waals surface area contributed by atoms with Crippen LogP contribution in [0.5, 0.6) is 17.2 Å². The molecule has 0 heterocycles. The van der Waals surface area contributed by atoms with Crippen molar-refractivity contribution in [2.75, 3.05) is 26.1 Å². The van der Waals surface area contributed by atoms with E-state index in [4.69, 9.17) is 26.4 Å². The highest BCUT2D eigenvalue weighted by Crippen LogP contribution is 2.28. The average molecular weight is 374 g/mol. The SMILES string of the molecule is CCCOc1ccccc1C(=O)NC(=S)Nc1cc(OC)ccc1OC. The van der Waals surface area contributed by atoms with Crippen LogP contribution in [0.15, 0.2) is 42.5 Å². The summed E-state index contributed by atoms with van der Waals surface area (Å²) in [5.41, 5.74) is 1.01. The van der Waals surface area contributed by atoms with Crippen molar-refractivity contribution in [3.05, 3.63) is 48.0 Å². The second-order valence-electron chi connectivity index (χ2n) is 5.32. The first kappa shape index (κ1) is 19.5. The number of hydrogen-bond acceptors (Lipinski definition) is 5. The number of carbonyl (C=O) groups excluding carboxylic acids is 1. The van der Waals surface area contributed by atoms with E-state index >= 15 is 0 Å². The van der Waals surface area contributed by atoms with Crippen molar-refractivity contribution in [2.45, 2.75) is 13.3 Å². The van der Waals surface area contributed by atoms with Gasteiger partial charge in [-0.25, -0.2) is 0 Å². The van der Waals surface area contributed by atoms with Crippen molar-refractivity contribution in [1.29, 1.82) is 0 Å². The predicted molar refractivity (Wildman–Crippen MR) is 105 cm³/mol. The van der Waals surface area contributed by atoms with Gasteiger partial charge in [-0.15, -0.1) is 0 Å². The highest BCUT2D eigenvalue weighted by Gasteiger charge is 2.14. The van der Waals surface area contributed by atoms with Gasteiger partial charge >= 0.3 is 0 Å². The fourth-order valence-electron chi connectivity index (χ4n) is 2.23. The molecule has 0 saturated heterocycles. The molecule has 0 unspecified atom stereocenters. The predicted octanol–water partition coefficient (Wildman–Crippen LogP) is 3.62. The van der Waals surface area contributed by atoms with Crippen molar-refractivity contribution in [3.63, 3.8) is 0 Å². The number of rotatable bonds is 7. The lowest BCUT2D eigenvalue weighted by Gasteiger charge is -2.15. The highest BCUT2D eigenvalue weighted by molar-refractivity contribution is 7.80. The van der Waals surface area contributed by atoms with Crippen molar-refractivity contribution in [1.82, 2.24) is 5.32 Å². The lowest BCUT2D eigenvalue weighted by Crippen LogP contribution is -2.34. The van der Waals surface area contributed by atoms with Crippen molar-refractivity contribution < 1.29 is 19.0 Å². The van der Waals surface area contributed by atoms with Crippen LogP contribution >= 0.6 is 12.2 Å². The third kappa shape index (κ3) is 5.10. The minimum Gasteiger partial charge on any atom is -0.497 e. The molecule has 0 fully saturated rings. The van der Waals surface area contributed by atoms with Crippen LogP contribution in [-0.2, 0) is 0 Å². The normalized spacial score (nSPS) is 9.96. The summed E-state index contributed by atoms with van der Waals surface area (Å²) < 4.78 is 16.1. The molecular weight excluding hydrogens is 352 g/mol. The molecule has 0 spiro atoms. The summed E-state index contributed by atoms with van der Waals surface area (Å²) in [5.74, 6) is 1.39. The maximum absolute atomic E-state index is 12.5.